The van der Waals surface area contributed by atoms with Gasteiger partial charge in [-0.3, -0.25) is 4.79 Å². The molecule has 26 heavy (non-hydrogen) atoms. The summed E-state index contributed by atoms with van der Waals surface area (Å²) in [6.07, 6.45) is 4.84. The summed E-state index contributed by atoms with van der Waals surface area (Å²) in [5.74, 6) is -0.243. The standard InChI is InChI=1S/C21H16N4O/c1-2-20(26)24-17-10-6-9-16(13-17)19-11-12-22-21-18(14-23-25(19)21)15-7-4-3-5-8-15/h2-14H,1H2,(H,24,26). The number of benzene rings is 2. The zero-order valence-corrected chi connectivity index (χ0v) is 14.0. The van der Waals surface area contributed by atoms with Crippen LogP contribution in [-0.2, 0) is 4.79 Å². The molecule has 1 N–H and O–H groups in total. The van der Waals surface area contributed by atoms with E-state index < -0.39 is 0 Å². The van der Waals surface area contributed by atoms with Crippen molar-refractivity contribution in [2.45, 2.75) is 0 Å². The SMILES string of the molecule is C=CC(=O)Nc1cccc(-c2ccnc3c(-c4ccccc4)cnn23)c1. The molecule has 0 atom stereocenters. The molecule has 4 rings (SSSR count). The van der Waals surface area contributed by atoms with Gasteiger partial charge in [-0.1, -0.05) is 49.0 Å². The molecule has 126 valence electrons. The number of anilines is 1. The van der Waals surface area contributed by atoms with Gasteiger partial charge in [0.05, 0.1) is 11.9 Å². The van der Waals surface area contributed by atoms with Gasteiger partial charge in [-0.2, -0.15) is 5.10 Å². The Balaban J connectivity index is 1.81. The first-order valence-electron chi connectivity index (χ1n) is 8.18. The number of nitrogens with zero attached hydrogens (tertiary/aromatic N) is 3. The van der Waals surface area contributed by atoms with Crippen LogP contribution in [-0.4, -0.2) is 20.5 Å². The Morgan fingerprint density at radius 2 is 1.85 bits per heavy atom. The normalized spacial score (nSPS) is 10.6. The predicted molar refractivity (Wildman–Crippen MR) is 103 cm³/mol. The Labute approximate surface area is 150 Å². The maximum absolute atomic E-state index is 11.5. The second kappa shape index (κ2) is 6.64. The molecule has 4 aromatic rings. The van der Waals surface area contributed by atoms with Gasteiger partial charge in [0.1, 0.15) is 0 Å². The average molecular weight is 340 g/mol. The maximum Gasteiger partial charge on any atom is 0.247 e. The minimum Gasteiger partial charge on any atom is -0.323 e. The molecule has 1 amide bonds. The third kappa shape index (κ3) is 2.86. The molecule has 0 unspecified atom stereocenters. The zero-order chi connectivity index (χ0) is 17.9. The molecule has 2 heterocycles. The van der Waals surface area contributed by atoms with Gasteiger partial charge < -0.3 is 5.32 Å². The second-order valence-electron chi connectivity index (χ2n) is 5.76. The number of aromatic nitrogens is 3. The minimum absolute atomic E-state index is 0.243. The molecule has 5 heteroatoms. The van der Waals surface area contributed by atoms with Gasteiger partial charge in [0.2, 0.25) is 5.91 Å². The molecule has 0 radical (unpaired) electrons. The quantitative estimate of drug-likeness (QED) is 0.567. The highest BCUT2D eigenvalue weighted by Crippen LogP contribution is 2.27. The predicted octanol–water partition coefficient (Wildman–Crippen LogP) is 4.19. The van der Waals surface area contributed by atoms with Crippen molar-refractivity contribution in [2.75, 3.05) is 5.32 Å². The Morgan fingerprint density at radius 1 is 1.04 bits per heavy atom. The van der Waals surface area contributed by atoms with Crippen LogP contribution in [0.5, 0.6) is 0 Å². The minimum atomic E-state index is -0.243. The molecule has 2 aromatic heterocycles. The van der Waals surface area contributed by atoms with Crippen LogP contribution in [0.2, 0.25) is 0 Å². The molecule has 0 saturated heterocycles. The van der Waals surface area contributed by atoms with Crippen LogP contribution >= 0.6 is 0 Å². The van der Waals surface area contributed by atoms with Crippen molar-refractivity contribution in [1.29, 1.82) is 0 Å². The van der Waals surface area contributed by atoms with Crippen molar-refractivity contribution >= 4 is 17.2 Å². The molecule has 0 saturated carbocycles. The highest BCUT2D eigenvalue weighted by atomic mass is 16.1. The molecule has 0 fully saturated rings. The van der Waals surface area contributed by atoms with Gasteiger partial charge in [-0.15, -0.1) is 0 Å². The van der Waals surface area contributed by atoms with Gasteiger partial charge in [-0.25, -0.2) is 9.50 Å². The fraction of sp³-hybridized carbons (Fsp3) is 0. The smallest absolute Gasteiger partial charge is 0.247 e. The van der Waals surface area contributed by atoms with Crippen LogP contribution in [0, 0.1) is 0 Å². The lowest BCUT2D eigenvalue weighted by Crippen LogP contribution is -2.07. The van der Waals surface area contributed by atoms with Gasteiger partial charge in [0.15, 0.2) is 5.65 Å². The number of rotatable bonds is 4. The topological polar surface area (TPSA) is 59.3 Å². The van der Waals surface area contributed by atoms with Gasteiger partial charge >= 0.3 is 0 Å². The summed E-state index contributed by atoms with van der Waals surface area (Å²) in [6.45, 7) is 3.48. The van der Waals surface area contributed by atoms with Gasteiger partial charge in [-0.05, 0) is 29.8 Å². The van der Waals surface area contributed by atoms with E-state index >= 15 is 0 Å². The van der Waals surface area contributed by atoms with E-state index in [1.165, 1.54) is 6.08 Å². The number of fused-ring (bicyclic) bond motifs is 1. The van der Waals surface area contributed by atoms with Crippen molar-refractivity contribution in [3.63, 3.8) is 0 Å². The third-order valence-corrected chi connectivity index (χ3v) is 4.10. The van der Waals surface area contributed by atoms with Crippen LogP contribution in [0.15, 0.2) is 85.7 Å². The molecule has 0 bridgehead atoms. The van der Waals surface area contributed by atoms with E-state index in [0.717, 1.165) is 28.0 Å². The Kier molecular flexibility index (Phi) is 4.03. The molecule has 2 aromatic carbocycles. The van der Waals surface area contributed by atoms with Crippen LogP contribution < -0.4 is 5.32 Å². The van der Waals surface area contributed by atoms with E-state index in [4.69, 9.17) is 0 Å². The number of carbonyl (C=O) groups is 1. The van der Waals surface area contributed by atoms with E-state index in [0.29, 0.717) is 5.69 Å². The summed E-state index contributed by atoms with van der Waals surface area (Å²) in [6, 6.07) is 19.6. The first kappa shape index (κ1) is 15.8. The highest BCUT2D eigenvalue weighted by Gasteiger charge is 2.12. The Bertz CT molecular complexity index is 1100. The fourth-order valence-electron chi connectivity index (χ4n) is 2.88. The Morgan fingerprint density at radius 3 is 2.65 bits per heavy atom. The van der Waals surface area contributed by atoms with E-state index in [9.17, 15) is 4.79 Å². The average Bonchev–Trinajstić information content (AvgIpc) is 3.13. The van der Waals surface area contributed by atoms with Gasteiger partial charge in [0, 0.05) is 23.0 Å². The van der Waals surface area contributed by atoms with Gasteiger partial charge in [0.25, 0.3) is 0 Å². The number of nitrogens with one attached hydrogen (secondary N) is 1. The molecule has 0 spiro atoms. The molecular formula is C21H16N4O. The summed E-state index contributed by atoms with van der Waals surface area (Å²) in [4.78, 5) is 16.1. The largest absolute Gasteiger partial charge is 0.323 e. The number of hydrogen-bond acceptors (Lipinski definition) is 3. The van der Waals surface area contributed by atoms with Crippen molar-refractivity contribution < 1.29 is 4.79 Å². The van der Waals surface area contributed by atoms with Crippen molar-refractivity contribution in [3.05, 3.63) is 85.7 Å². The maximum atomic E-state index is 11.5. The van der Waals surface area contributed by atoms with Crippen molar-refractivity contribution in [1.82, 2.24) is 14.6 Å². The van der Waals surface area contributed by atoms with E-state index in [1.807, 2.05) is 71.4 Å². The lowest BCUT2D eigenvalue weighted by atomic mass is 10.1. The lowest BCUT2D eigenvalue weighted by Gasteiger charge is -2.08. The van der Waals surface area contributed by atoms with Crippen LogP contribution in [0.1, 0.15) is 0 Å². The summed E-state index contributed by atoms with van der Waals surface area (Å²) >= 11 is 0. The summed E-state index contributed by atoms with van der Waals surface area (Å²) in [5.41, 5.74) is 5.36. The number of hydrogen-bond donors (Lipinski definition) is 1. The highest BCUT2D eigenvalue weighted by molar-refractivity contribution is 5.99. The molecule has 5 nitrogen and oxygen atoms in total. The Hall–Kier alpha value is -3.73. The van der Waals surface area contributed by atoms with E-state index in [1.54, 1.807) is 6.20 Å². The first-order chi connectivity index (χ1) is 12.8. The van der Waals surface area contributed by atoms with Crippen molar-refractivity contribution in [3.8, 4) is 22.4 Å². The lowest BCUT2D eigenvalue weighted by molar-refractivity contribution is -0.111. The van der Waals surface area contributed by atoms with Crippen LogP contribution in [0.3, 0.4) is 0 Å². The summed E-state index contributed by atoms with van der Waals surface area (Å²) < 4.78 is 1.82. The number of amides is 1. The monoisotopic (exact) mass is 340 g/mol. The molecule has 0 aliphatic heterocycles. The number of carbonyl (C=O) groups excluding carboxylic acids is 1. The van der Waals surface area contributed by atoms with Crippen LogP contribution in [0.4, 0.5) is 5.69 Å². The van der Waals surface area contributed by atoms with E-state index in [-0.39, 0.29) is 5.91 Å². The van der Waals surface area contributed by atoms with Crippen molar-refractivity contribution in [2.24, 2.45) is 0 Å². The molecule has 0 aliphatic rings. The second-order valence-corrected chi connectivity index (χ2v) is 5.76. The first-order valence-corrected chi connectivity index (χ1v) is 8.18. The molecular weight excluding hydrogens is 324 g/mol. The summed E-state index contributed by atoms with van der Waals surface area (Å²) in [7, 11) is 0. The summed E-state index contributed by atoms with van der Waals surface area (Å²) in [5, 5.41) is 7.31. The van der Waals surface area contributed by atoms with Crippen LogP contribution in [0.25, 0.3) is 28.0 Å². The van der Waals surface area contributed by atoms with E-state index in [2.05, 4.69) is 22.0 Å². The fourth-order valence-corrected chi connectivity index (χ4v) is 2.88. The zero-order valence-electron chi connectivity index (χ0n) is 14.0. The molecule has 0 aliphatic carbocycles. The third-order valence-electron chi connectivity index (χ3n) is 4.10.